The third kappa shape index (κ3) is 8.44. The number of rotatable bonds is 10. The molecule has 0 aromatic heterocycles. The molecule has 0 saturated carbocycles. The highest BCUT2D eigenvalue weighted by Gasteiger charge is 2.32. The molecule has 0 bridgehead atoms. The van der Waals surface area contributed by atoms with Crippen molar-refractivity contribution in [1.82, 2.24) is 15.1 Å². The minimum Gasteiger partial charge on any atom is -0.344 e. The molecule has 1 saturated heterocycles. The molecule has 1 aliphatic rings. The Morgan fingerprint density at radius 2 is 1.48 bits per heavy atom. The predicted molar refractivity (Wildman–Crippen MR) is 149 cm³/mol. The summed E-state index contributed by atoms with van der Waals surface area (Å²) in [6.45, 7) is 3.72. The third-order valence-corrected chi connectivity index (χ3v) is 6.94. The first-order valence-corrected chi connectivity index (χ1v) is 13.4. The van der Waals surface area contributed by atoms with Crippen LogP contribution in [0.4, 0.5) is 14.5 Å². The molecule has 9 heteroatoms. The number of piperidine rings is 1. The number of nitrogens with one attached hydrogen (secondary N) is 2. The molecule has 3 aromatic carbocycles. The molecule has 7 nitrogen and oxygen atoms in total. The minimum atomic E-state index is -0.933. The number of para-hydroxylation sites is 1. The van der Waals surface area contributed by atoms with Gasteiger partial charge in [-0.25, -0.2) is 8.78 Å². The van der Waals surface area contributed by atoms with Crippen LogP contribution in [0.3, 0.4) is 0 Å². The monoisotopic (exact) mass is 548 g/mol. The minimum absolute atomic E-state index is 0.160. The van der Waals surface area contributed by atoms with Crippen LogP contribution in [0.5, 0.6) is 0 Å². The highest BCUT2D eigenvalue weighted by atomic mass is 19.1. The molecule has 4 rings (SSSR count). The molecule has 1 heterocycles. The van der Waals surface area contributed by atoms with Gasteiger partial charge in [0.05, 0.1) is 6.42 Å². The molecule has 3 aromatic rings. The molecular weight excluding hydrogens is 514 g/mol. The normalized spacial score (nSPS) is 14.8. The second-order valence-electron chi connectivity index (χ2n) is 10.1. The van der Waals surface area contributed by atoms with Crippen LogP contribution in [-0.2, 0) is 27.3 Å². The number of nitrogens with zero attached hydrogens (tertiary/aromatic N) is 2. The van der Waals surface area contributed by atoms with Gasteiger partial charge in [0.25, 0.3) is 0 Å². The number of carbonyl (C=O) groups excluding carboxylic acids is 3. The largest absolute Gasteiger partial charge is 0.344 e. The number of halogens is 2. The van der Waals surface area contributed by atoms with E-state index in [1.54, 1.807) is 24.0 Å². The number of benzene rings is 3. The van der Waals surface area contributed by atoms with E-state index in [0.717, 1.165) is 37.8 Å². The van der Waals surface area contributed by atoms with Crippen molar-refractivity contribution in [2.75, 3.05) is 25.0 Å². The SMILES string of the molecule is C[C@H](NC(=O)Cc1cc(F)cc(F)c1)C(=O)N(CC(=O)Nc1ccccc1)C1CCN(Cc2ccccc2)CC1. The first-order chi connectivity index (χ1) is 19.3. The van der Waals surface area contributed by atoms with Gasteiger partial charge < -0.3 is 15.5 Å². The quantitative estimate of drug-likeness (QED) is 0.399. The Kier molecular flexibility index (Phi) is 9.96. The summed E-state index contributed by atoms with van der Waals surface area (Å²) in [7, 11) is 0. The molecule has 3 amide bonds. The Morgan fingerprint density at radius 1 is 0.875 bits per heavy atom. The van der Waals surface area contributed by atoms with Gasteiger partial charge in [-0.3, -0.25) is 19.3 Å². The van der Waals surface area contributed by atoms with Crippen molar-refractivity contribution in [3.63, 3.8) is 0 Å². The lowest BCUT2D eigenvalue weighted by Crippen LogP contribution is -2.55. The zero-order valence-corrected chi connectivity index (χ0v) is 22.5. The molecule has 0 unspecified atom stereocenters. The van der Waals surface area contributed by atoms with Gasteiger partial charge in [-0.05, 0) is 55.2 Å². The van der Waals surface area contributed by atoms with E-state index in [0.29, 0.717) is 18.5 Å². The van der Waals surface area contributed by atoms with Gasteiger partial charge in [-0.2, -0.15) is 0 Å². The van der Waals surface area contributed by atoms with Crippen LogP contribution in [0.15, 0.2) is 78.9 Å². The number of hydrogen-bond donors (Lipinski definition) is 2. The van der Waals surface area contributed by atoms with Crippen LogP contribution in [-0.4, -0.2) is 59.2 Å². The number of anilines is 1. The van der Waals surface area contributed by atoms with Crippen LogP contribution < -0.4 is 10.6 Å². The van der Waals surface area contributed by atoms with E-state index >= 15 is 0 Å². The Bertz CT molecular complexity index is 1280. The molecular formula is C31H34F2N4O3. The summed E-state index contributed by atoms with van der Waals surface area (Å²) in [5, 5.41) is 5.46. The van der Waals surface area contributed by atoms with E-state index in [4.69, 9.17) is 0 Å². The second-order valence-corrected chi connectivity index (χ2v) is 10.1. The van der Waals surface area contributed by atoms with Gasteiger partial charge >= 0.3 is 0 Å². The maximum absolute atomic E-state index is 13.6. The first-order valence-electron chi connectivity index (χ1n) is 13.4. The summed E-state index contributed by atoms with van der Waals surface area (Å²) < 4.78 is 27.1. The Morgan fingerprint density at radius 3 is 2.10 bits per heavy atom. The summed E-state index contributed by atoms with van der Waals surface area (Å²) in [6.07, 6.45) is 1.08. The smallest absolute Gasteiger partial charge is 0.245 e. The van der Waals surface area contributed by atoms with Crippen LogP contribution in [0.25, 0.3) is 0 Å². The van der Waals surface area contributed by atoms with E-state index in [2.05, 4.69) is 27.7 Å². The van der Waals surface area contributed by atoms with Gasteiger partial charge in [0.1, 0.15) is 24.2 Å². The van der Waals surface area contributed by atoms with E-state index in [1.807, 2.05) is 36.4 Å². The number of likely N-dealkylation sites (tertiary alicyclic amines) is 1. The summed E-state index contributed by atoms with van der Waals surface area (Å²) in [5.74, 6) is -2.82. The van der Waals surface area contributed by atoms with Crippen LogP contribution in [0.2, 0.25) is 0 Å². The van der Waals surface area contributed by atoms with Crippen LogP contribution in [0.1, 0.15) is 30.9 Å². The summed E-state index contributed by atoms with van der Waals surface area (Å²) >= 11 is 0. The van der Waals surface area contributed by atoms with Gasteiger partial charge in [0.15, 0.2) is 0 Å². The second kappa shape index (κ2) is 13.8. The van der Waals surface area contributed by atoms with Crippen molar-refractivity contribution in [3.8, 4) is 0 Å². The number of amides is 3. The Balaban J connectivity index is 1.41. The molecule has 2 N–H and O–H groups in total. The van der Waals surface area contributed by atoms with Gasteiger partial charge in [-0.1, -0.05) is 48.5 Å². The average molecular weight is 549 g/mol. The van der Waals surface area contributed by atoms with Crippen molar-refractivity contribution < 1.29 is 23.2 Å². The van der Waals surface area contributed by atoms with Crippen molar-refractivity contribution >= 4 is 23.4 Å². The van der Waals surface area contributed by atoms with E-state index in [9.17, 15) is 23.2 Å². The number of hydrogen-bond acceptors (Lipinski definition) is 4. The van der Waals surface area contributed by atoms with Crippen LogP contribution in [0, 0.1) is 11.6 Å². The summed E-state index contributed by atoms with van der Waals surface area (Å²) in [4.78, 5) is 43.0. The molecule has 210 valence electrons. The average Bonchev–Trinajstić information content (AvgIpc) is 2.92. The fourth-order valence-corrected chi connectivity index (χ4v) is 5.00. The fraction of sp³-hybridized carbons (Fsp3) is 0.323. The van der Waals surface area contributed by atoms with Crippen molar-refractivity contribution in [2.45, 2.75) is 44.8 Å². The lowest BCUT2D eigenvalue weighted by atomic mass is 10.0. The topological polar surface area (TPSA) is 81.8 Å². The maximum Gasteiger partial charge on any atom is 0.245 e. The molecule has 40 heavy (non-hydrogen) atoms. The highest BCUT2D eigenvalue weighted by Crippen LogP contribution is 2.20. The summed E-state index contributed by atoms with van der Waals surface area (Å²) in [5.41, 5.74) is 2.01. The van der Waals surface area contributed by atoms with Gasteiger partial charge in [-0.15, -0.1) is 0 Å². The lowest BCUT2D eigenvalue weighted by Gasteiger charge is -2.39. The van der Waals surface area contributed by atoms with E-state index in [1.165, 1.54) is 5.56 Å². The van der Waals surface area contributed by atoms with Gasteiger partial charge in [0.2, 0.25) is 17.7 Å². The van der Waals surface area contributed by atoms with Crippen molar-refractivity contribution in [3.05, 3.63) is 102 Å². The zero-order chi connectivity index (χ0) is 28.5. The zero-order valence-electron chi connectivity index (χ0n) is 22.5. The molecule has 0 radical (unpaired) electrons. The van der Waals surface area contributed by atoms with Crippen LogP contribution >= 0.6 is 0 Å². The highest BCUT2D eigenvalue weighted by molar-refractivity contribution is 5.96. The molecule has 0 spiro atoms. The van der Waals surface area contributed by atoms with Gasteiger partial charge in [0, 0.05) is 37.4 Å². The van der Waals surface area contributed by atoms with E-state index < -0.39 is 23.6 Å². The first kappa shape index (κ1) is 28.9. The fourth-order valence-electron chi connectivity index (χ4n) is 5.00. The lowest BCUT2D eigenvalue weighted by molar-refractivity contribution is -0.141. The van der Waals surface area contributed by atoms with E-state index in [-0.39, 0.29) is 36.4 Å². The third-order valence-electron chi connectivity index (χ3n) is 6.94. The Hall–Kier alpha value is -4.11. The van der Waals surface area contributed by atoms with Crippen molar-refractivity contribution in [2.24, 2.45) is 0 Å². The predicted octanol–water partition coefficient (Wildman–Crippen LogP) is 4.14. The molecule has 1 aliphatic heterocycles. The maximum atomic E-state index is 13.6. The summed E-state index contributed by atoms with van der Waals surface area (Å²) in [6, 6.07) is 20.9. The standard InChI is InChI=1S/C31H34F2N4O3/c1-22(34-29(38)18-24-16-25(32)19-26(33)17-24)31(40)37(21-30(39)35-27-10-6-3-7-11-27)28-12-14-36(15-13-28)20-23-8-4-2-5-9-23/h2-11,16-17,19,22,28H,12-15,18,20-21H2,1H3,(H,34,38)(H,35,39)/t22-/m0/s1. The molecule has 0 aliphatic carbocycles. The Labute approximate surface area is 233 Å². The molecule has 1 fully saturated rings. The number of carbonyl (C=O) groups is 3. The molecule has 1 atom stereocenters. The van der Waals surface area contributed by atoms with Crippen molar-refractivity contribution in [1.29, 1.82) is 0 Å².